The van der Waals surface area contributed by atoms with E-state index in [1.807, 2.05) is 0 Å². The van der Waals surface area contributed by atoms with Crippen molar-refractivity contribution in [3.63, 3.8) is 0 Å². The smallest absolute Gasteiger partial charge is 0.259 e. The van der Waals surface area contributed by atoms with E-state index in [0.717, 1.165) is 0 Å². The number of rotatable bonds is 1. The van der Waals surface area contributed by atoms with Crippen molar-refractivity contribution in [1.82, 2.24) is 10.2 Å². The Morgan fingerprint density at radius 2 is 2.10 bits per heavy atom. The van der Waals surface area contributed by atoms with Gasteiger partial charge in [-0.1, -0.05) is 6.07 Å². The highest BCUT2D eigenvalue weighted by Gasteiger charge is 2.37. The molecule has 1 unspecified atom stereocenters. The van der Waals surface area contributed by atoms with Gasteiger partial charge in [0.1, 0.15) is 18.4 Å². The monoisotopic (exact) mass is 352 g/mol. The number of benzene rings is 1. The molecule has 1 atom stereocenters. The number of hydrogen-bond donors (Lipinski definition) is 1. The average Bonchev–Trinajstić information content (AvgIpc) is 2.60. The van der Waals surface area contributed by atoms with Gasteiger partial charge in [-0.2, -0.15) is 0 Å². The number of imide groups is 1. The normalized spacial score (nSPS) is 22.2. The highest BCUT2D eigenvalue weighted by molar-refractivity contribution is 9.10. The fourth-order valence-electron chi connectivity index (χ4n) is 2.61. The van der Waals surface area contributed by atoms with Crippen LogP contribution in [-0.2, 0) is 9.59 Å². The third-order valence-electron chi connectivity index (χ3n) is 3.63. The largest absolute Gasteiger partial charge is 0.491 e. The van der Waals surface area contributed by atoms with Crippen LogP contribution in [0.25, 0.3) is 0 Å². The van der Waals surface area contributed by atoms with E-state index in [-0.39, 0.29) is 18.2 Å². The van der Waals surface area contributed by atoms with Gasteiger partial charge >= 0.3 is 0 Å². The molecule has 2 heterocycles. The number of piperidine rings is 1. The summed E-state index contributed by atoms with van der Waals surface area (Å²) < 4.78 is 6.21. The lowest BCUT2D eigenvalue weighted by atomic mass is 10.0. The van der Waals surface area contributed by atoms with Crippen molar-refractivity contribution in [2.45, 2.75) is 18.9 Å². The van der Waals surface area contributed by atoms with Crippen LogP contribution in [0.15, 0.2) is 22.7 Å². The predicted molar refractivity (Wildman–Crippen MR) is 76.8 cm³/mol. The third-order valence-corrected chi connectivity index (χ3v) is 4.29. The summed E-state index contributed by atoms with van der Waals surface area (Å²) in [5.74, 6) is -0.472. The summed E-state index contributed by atoms with van der Waals surface area (Å²) in [5, 5.41) is 2.28. The van der Waals surface area contributed by atoms with Crippen LogP contribution < -0.4 is 10.1 Å². The molecule has 3 rings (SSSR count). The van der Waals surface area contributed by atoms with Crippen molar-refractivity contribution in [1.29, 1.82) is 0 Å². The Labute approximate surface area is 129 Å². The molecule has 2 aliphatic heterocycles. The number of nitrogens with one attached hydrogen (secondary N) is 1. The van der Waals surface area contributed by atoms with Crippen LogP contribution in [0.5, 0.6) is 5.75 Å². The fraction of sp³-hybridized carbons (Fsp3) is 0.357. The zero-order valence-electron chi connectivity index (χ0n) is 11.1. The Kier molecular flexibility index (Phi) is 3.67. The molecule has 0 radical (unpaired) electrons. The van der Waals surface area contributed by atoms with Crippen LogP contribution in [-0.4, -0.2) is 41.8 Å². The van der Waals surface area contributed by atoms with Gasteiger partial charge in [-0.3, -0.25) is 19.7 Å². The molecular formula is C14H13BrN2O4. The molecule has 3 amide bonds. The lowest BCUT2D eigenvalue weighted by Gasteiger charge is -2.31. The molecule has 21 heavy (non-hydrogen) atoms. The minimum atomic E-state index is -0.628. The van der Waals surface area contributed by atoms with Crippen LogP contribution >= 0.6 is 15.9 Å². The van der Waals surface area contributed by atoms with Crippen LogP contribution in [0.1, 0.15) is 23.2 Å². The summed E-state index contributed by atoms with van der Waals surface area (Å²) in [5.41, 5.74) is 0.416. The van der Waals surface area contributed by atoms with Crippen molar-refractivity contribution in [3.05, 3.63) is 28.2 Å². The summed E-state index contributed by atoms with van der Waals surface area (Å²) >= 11 is 3.35. The van der Waals surface area contributed by atoms with Gasteiger partial charge in [-0.15, -0.1) is 0 Å². The molecule has 6 nitrogen and oxygen atoms in total. The molecule has 2 aliphatic rings. The van der Waals surface area contributed by atoms with Gasteiger partial charge in [0, 0.05) is 10.9 Å². The lowest BCUT2D eigenvalue weighted by molar-refractivity contribution is -0.136. The zero-order chi connectivity index (χ0) is 15.0. The summed E-state index contributed by atoms with van der Waals surface area (Å²) in [6.07, 6.45) is 0.583. The minimum absolute atomic E-state index is 0.240. The van der Waals surface area contributed by atoms with Gasteiger partial charge in [-0.25, -0.2) is 0 Å². The van der Waals surface area contributed by atoms with E-state index in [1.165, 1.54) is 4.90 Å². The number of hydrogen-bond acceptors (Lipinski definition) is 4. The molecule has 0 spiro atoms. The molecule has 1 N–H and O–H groups in total. The van der Waals surface area contributed by atoms with E-state index < -0.39 is 11.9 Å². The van der Waals surface area contributed by atoms with Crippen LogP contribution in [0.2, 0.25) is 0 Å². The van der Waals surface area contributed by atoms with Gasteiger partial charge in [0.2, 0.25) is 11.8 Å². The maximum Gasteiger partial charge on any atom is 0.259 e. The van der Waals surface area contributed by atoms with E-state index in [0.29, 0.717) is 35.4 Å². The first kappa shape index (κ1) is 14.1. The minimum Gasteiger partial charge on any atom is -0.491 e. The second-order valence-corrected chi connectivity index (χ2v) is 5.78. The number of amides is 3. The number of halogens is 1. The van der Waals surface area contributed by atoms with Crippen LogP contribution in [0.3, 0.4) is 0 Å². The maximum absolute atomic E-state index is 12.7. The van der Waals surface area contributed by atoms with Crippen LogP contribution in [0, 0.1) is 0 Å². The van der Waals surface area contributed by atoms with Crippen molar-refractivity contribution >= 4 is 33.7 Å². The summed E-state index contributed by atoms with van der Waals surface area (Å²) in [6.45, 7) is 0.624. The predicted octanol–water partition coefficient (Wildman–Crippen LogP) is 1.09. The highest BCUT2D eigenvalue weighted by Crippen LogP contribution is 2.31. The molecule has 7 heteroatoms. The number of carbonyl (C=O) groups excluding carboxylic acids is 3. The molecule has 1 saturated heterocycles. The summed E-state index contributed by atoms with van der Waals surface area (Å²) in [4.78, 5) is 37.4. The van der Waals surface area contributed by atoms with E-state index >= 15 is 0 Å². The Bertz CT molecular complexity index is 631. The first-order chi connectivity index (χ1) is 10.1. The van der Waals surface area contributed by atoms with Crippen molar-refractivity contribution in [2.24, 2.45) is 0 Å². The Morgan fingerprint density at radius 1 is 1.29 bits per heavy atom. The second kappa shape index (κ2) is 5.48. The average molecular weight is 353 g/mol. The second-order valence-electron chi connectivity index (χ2n) is 4.93. The standard InChI is InChI=1S/C14H13BrN2O4/c15-8-2-1-3-10-12(8)14(20)17(6-7-21-10)9-4-5-11(18)16-13(9)19/h1-3,9H,4-7H2,(H,16,18,19). The molecule has 0 saturated carbocycles. The summed E-state index contributed by atoms with van der Waals surface area (Å²) in [7, 11) is 0. The molecule has 0 aromatic heterocycles. The summed E-state index contributed by atoms with van der Waals surface area (Å²) in [6, 6.07) is 4.65. The Balaban J connectivity index is 1.94. The highest BCUT2D eigenvalue weighted by atomic mass is 79.9. The first-order valence-corrected chi connectivity index (χ1v) is 7.43. The van der Waals surface area contributed by atoms with Crippen molar-refractivity contribution in [2.75, 3.05) is 13.2 Å². The quantitative estimate of drug-likeness (QED) is 0.767. The van der Waals surface area contributed by atoms with Gasteiger partial charge < -0.3 is 9.64 Å². The van der Waals surface area contributed by atoms with E-state index in [2.05, 4.69) is 21.2 Å². The van der Waals surface area contributed by atoms with Gasteiger partial charge in [-0.05, 0) is 34.5 Å². The van der Waals surface area contributed by atoms with Crippen molar-refractivity contribution in [3.8, 4) is 5.75 Å². The Morgan fingerprint density at radius 3 is 2.86 bits per heavy atom. The molecule has 110 valence electrons. The molecule has 1 aromatic rings. The number of nitrogens with zero attached hydrogens (tertiary/aromatic N) is 1. The van der Waals surface area contributed by atoms with E-state index in [4.69, 9.17) is 4.74 Å². The lowest BCUT2D eigenvalue weighted by Crippen LogP contribution is -2.54. The van der Waals surface area contributed by atoms with E-state index in [9.17, 15) is 14.4 Å². The topological polar surface area (TPSA) is 75.7 Å². The van der Waals surface area contributed by atoms with E-state index in [1.54, 1.807) is 18.2 Å². The van der Waals surface area contributed by atoms with Crippen molar-refractivity contribution < 1.29 is 19.1 Å². The molecule has 1 fully saturated rings. The van der Waals surface area contributed by atoms with Crippen LogP contribution in [0.4, 0.5) is 0 Å². The first-order valence-electron chi connectivity index (χ1n) is 6.64. The SMILES string of the molecule is O=C1CCC(N2CCOc3cccc(Br)c3C2=O)C(=O)N1. The third kappa shape index (κ3) is 2.53. The molecule has 1 aromatic carbocycles. The molecule has 0 bridgehead atoms. The number of fused-ring (bicyclic) bond motifs is 1. The number of carbonyl (C=O) groups is 3. The fourth-order valence-corrected chi connectivity index (χ4v) is 3.13. The van der Waals surface area contributed by atoms with Gasteiger partial charge in [0.25, 0.3) is 5.91 Å². The Hall–Kier alpha value is -1.89. The molecular weight excluding hydrogens is 340 g/mol. The van der Waals surface area contributed by atoms with Gasteiger partial charge in [0.05, 0.1) is 12.1 Å². The van der Waals surface area contributed by atoms with Gasteiger partial charge in [0.15, 0.2) is 0 Å². The number of ether oxygens (including phenoxy) is 1. The maximum atomic E-state index is 12.7. The molecule has 0 aliphatic carbocycles. The zero-order valence-corrected chi connectivity index (χ0v) is 12.7.